The van der Waals surface area contributed by atoms with E-state index in [4.69, 9.17) is 11.6 Å². The van der Waals surface area contributed by atoms with Crippen molar-refractivity contribution in [2.45, 2.75) is 11.8 Å². The SMILES string of the molecule is Cc1ccc(N(CC(=O)N/N=C\c2cccc(Br)c2)S(=O)(=O)c2ccc(Cl)cc2)cc1. The van der Waals surface area contributed by atoms with Crippen LogP contribution in [0.25, 0.3) is 0 Å². The number of carbonyl (C=O) groups excluding carboxylic acids is 1. The minimum Gasteiger partial charge on any atom is -0.271 e. The summed E-state index contributed by atoms with van der Waals surface area (Å²) >= 11 is 9.25. The third-order valence-electron chi connectivity index (χ3n) is 4.26. The maximum atomic E-state index is 13.3. The van der Waals surface area contributed by atoms with Gasteiger partial charge in [-0.1, -0.05) is 57.4 Å². The number of hydrogen-bond acceptors (Lipinski definition) is 4. The molecule has 31 heavy (non-hydrogen) atoms. The molecule has 3 aromatic rings. The van der Waals surface area contributed by atoms with E-state index in [0.717, 1.165) is 19.9 Å². The zero-order chi connectivity index (χ0) is 22.4. The first-order valence-corrected chi connectivity index (χ1v) is 11.8. The molecule has 0 saturated carbocycles. The highest BCUT2D eigenvalue weighted by molar-refractivity contribution is 9.10. The summed E-state index contributed by atoms with van der Waals surface area (Å²) in [5.41, 5.74) is 4.50. The van der Waals surface area contributed by atoms with Crippen LogP contribution in [-0.4, -0.2) is 27.1 Å². The molecule has 1 N–H and O–H groups in total. The second-order valence-corrected chi connectivity index (χ2v) is 9.86. The topological polar surface area (TPSA) is 78.8 Å². The molecule has 1 amide bonds. The number of halogens is 2. The van der Waals surface area contributed by atoms with Gasteiger partial charge < -0.3 is 0 Å². The van der Waals surface area contributed by atoms with Gasteiger partial charge in [-0.3, -0.25) is 9.10 Å². The molecule has 3 rings (SSSR count). The molecule has 0 aliphatic rings. The number of anilines is 1. The van der Waals surface area contributed by atoms with Crippen LogP contribution in [0, 0.1) is 6.92 Å². The van der Waals surface area contributed by atoms with Crippen molar-refractivity contribution in [2.24, 2.45) is 5.10 Å². The third kappa shape index (κ3) is 6.16. The number of rotatable bonds is 7. The van der Waals surface area contributed by atoms with Gasteiger partial charge in [0, 0.05) is 9.50 Å². The molecule has 0 heterocycles. The van der Waals surface area contributed by atoms with Crippen molar-refractivity contribution in [3.05, 3.63) is 93.4 Å². The predicted molar refractivity (Wildman–Crippen MR) is 127 cm³/mol. The maximum Gasteiger partial charge on any atom is 0.264 e. The molecule has 0 spiro atoms. The molecule has 0 saturated heterocycles. The highest BCUT2D eigenvalue weighted by Gasteiger charge is 2.27. The third-order valence-corrected chi connectivity index (χ3v) is 6.80. The molecule has 0 atom stereocenters. The Morgan fingerprint density at radius 3 is 2.42 bits per heavy atom. The molecule has 0 fully saturated rings. The number of hydrazone groups is 1. The van der Waals surface area contributed by atoms with Gasteiger partial charge in [0.25, 0.3) is 15.9 Å². The number of carbonyl (C=O) groups is 1. The summed E-state index contributed by atoms with van der Waals surface area (Å²) in [4.78, 5) is 12.6. The molecule has 0 aliphatic carbocycles. The van der Waals surface area contributed by atoms with E-state index in [2.05, 4.69) is 26.5 Å². The zero-order valence-electron chi connectivity index (χ0n) is 16.5. The van der Waals surface area contributed by atoms with Crippen LogP contribution in [-0.2, 0) is 14.8 Å². The Morgan fingerprint density at radius 2 is 1.77 bits per heavy atom. The number of aryl methyl sites for hydroxylation is 1. The second kappa shape index (κ2) is 10.1. The number of hydrogen-bond donors (Lipinski definition) is 1. The summed E-state index contributed by atoms with van der Waals surface area (Å²) in [6, 6.07) is 20.0. The van der Waals surface area contributed by atoms with Gasteiger partial charge in [0.05, 0.1) is 16.8 Å². The lowest BCUT2D eigenvalue weighted by molar-refractivity contribution is -0.119. The highest BCUT2D eigenvalue weighted by atomic mass is 79.9. The van der Waals surface area contributed by atoms with Crippen molar-refractivity contribution in [2.75, 3.05) is 10.8 Å². The van der Waals surface area contributed by atoms with Crippen LogP contribution in [0.4, 0.5) is 5.69 Å². The van der Waals surface area contributed by atoms with Gasteiger partial charge in [0.1, 0.15) is 6.54 Å². The first-order chi connectivity index (χ1) is 14.8. The fourth-order valence-corrected chi connectivity index (χ4v) is 4.66. The van der Waals surface area contributed by atoms with Gasteiger partial charge in [-0.05, 0) is 61.0 Å². The normalized spacial score (nSPS) is 11.5. The Hall–Kier alpha value is -2.68. The summed E-state index contributed by atoms with van der Waals surface area (Å²) in [7, 11) is -4.01. The largest absolute Gasteiger partial charge is 0.271 e. The Kier molecular flexibility index (Phi) is 7.48. The average Bonchev–Trinajstić information content (AvgIpc) is 2.73. The van der Waals surface area contributed by atoms with E-state index in [1.807, 2.05) is 31.2 Å². The van der Waals surface area contributed by atoms with Crippen molar-refractivity contribution < 1.29 is 13.2 Å². The van der Waals surface area contributed by atoms with Crippen LogP contribution in [0.1, 0.15) is 11.1 Å². The van der Waals surface area contributed by atoms with Crippen molar-refractivity contribution in [3.63, 3.8) is 0 Å². The van der Waals surface area contributed by atoms with E-state index < -0.39 is 22.5 Å². The molecular weight excluding hydrogens is 502 g/mol. The zero-order valence-corrected chi connectivity index (χ0v) is 19.7. The monoisotopic (exact) mass is 519 g/mol. The van der Waals surface area contributed by atoms with Crippen LogP contribution in [0.3, 0.4) is 0 Å². The van der Waals surface area contributed by atoms with Crippen LogP contribution in [0.5, 0.6) is 0 Å². The van der Waals surface area contributed by atoms with E-state index in [9.17, 15) is 13.2 Å². The number of benzene rings is 3. The van der Waals surface area contributed by atoms with Crippen LogP contribution < -0.4 is 9.73 Å². The van der Waals surface area contributed by atoms with Crippen LogP contribution >= 0.6 is 27.5 Å². The number of amides is 1. The van der Waals surface area contributed by atoms with Gasteiger partial charge in [-0.2, -0.15) is 5.10 Å². The number of sulfonamides is 1. The van der Waals surface area contributed by atoms with Gasteiger partial charge in [-0.25, -0.2) is 13.8 Å². The van der Waals surface area contributed by atoms with E-state index in [1.165, 1.54) is 30.5 Å². The summed E-state index contributed by atoms with van der Waals surface area (Å²) in [6.07, 6.45) is 1.48. The minimum atomic E-state index is -4.01. The second-order valence-electron chi connectivity index (χ2n) is 6.65. The first-order valence-electron chi connectivity index (χ1n) is 9.18. The molecule has 0 aromatic heterocycles. The summed E-state index contributed by atoms with van der Waals surface area (Å²) in [6.45, 7) is 1.45. The molecule has 0 bridgehead atoms. The Balaban J connectivity index is 1.83. The number of nitrogens with one attached hydrogen (secondary N) is 1. The van der Waals surface area contributed by atoms with Crippen molar-refractivity contribution in [3.8, 4) is 0 Å². The fourth-order valence-electron chi connectivity index (χ4n) is 2.69. The maximum absolute atomic E-state index is 13.3. The Morgan fingerprint density at radius 1 is 1.10 bits per heavy atom. The highest BCUT2D eigenvalue weighted by Crippen LogP contribution is 2.25. The lowest BCUT2D eigenvalue weighted by Crippen LogP contribution is -2.39. The van der Waals surface area contributed by atoms with E-state index in [1.54, 1.807) is 24.3 Å². The van der Waals surface area contributed by atoms with Gasteiger partial charge in [-0.15, -0.1) is 0 Å². The number of nitrogens with zero attached hydrogens (tertiary/aromatic N) is 2. The van der Waals surface area contributed by atoms with Gasteiger partial charge >= 0.3 is 0 Å². The van der Waals surface area contributed by atoms with Gasteiger partial charge in [0.15, 0.2) is 0 Å². The predicted octanol–water partition coefficient (Wildman–Crippen LogP) is 4.76. The summed E-state index contributed by atoms with van der Waals surface area (Å²) in [5, 5.41) is 4.34. The quantitative estimate of drug-likeness (QED) is 0.360. The van der Waals surface area contributed by atoms with E-state index in [0.29, 0.717) is 10.7 Å². The van der Waals surface area contributed by atoms with Gasteiger partial charge in [0.2, 0.25) is 0 Å². The van der Waals surface area contributed by atoms with E-state index in [-0.39, 0.29) is 4.90 Å². The molecule has 0 aliphatic heterocycles. The van der Waals surface area contributed by atoms with Crippen molar-refractivity contribution in [1.82, 2.24) is 5.43 Å². The smallest absolute Gasteiger partial charge is 0.264 e. The average molecular weight is 521 g/mol. The van der Waals surface area contributed by atoms with E-state index >= 15 is 0 Å². The lowest BCUT2D eigenvalue weighted by atomic mass is 10.2. The summed E-state index contributed by atoms with van der Waals surface area (Å²) < 4.78 is 28.4. The fraction of sp³-hybridized carbons (Fsp3) is 0.0909. The standard InChI is InChI=1S/C22H19BrClN3O3S/c1-16-5-9-20(10-6-16)27(31(29,30)21-11-7-19(24)8-12-21)15-22(28)26-25-14-17-3-2-4-18(23)13-17/h2-14H,15H2,1H3,(H,26,28)/b25-14-. The summed E-state index contributed by atoms with van der Waals surface area (Å²) in [5.74, 6) is -0.579. The molecule has 6 nitrogen and oxygen atoms in total. The molecule has 0 radical (unpaired) electrons. The lowest BCUT2D eigenvalue weighted by Gasteiger charge is -2.23. The van der Waals surface area contributed by atoms with Crippen LogP contribution in [0.2, 0.25) is 5.02 Å². The van der Waals surface area contributed by atoms with Crippen molar-refractivity contribution in [1.29, 1.82) is 0 Å². The molecule has 0 unspecified atom stereocenters. The van der Waals surface area contributed by atoms with Crippen LogP contribution in [0.15, 0.2) is 87.3 Å². The molecular formula is C22H19BrClN3O3S. The molecule has 3 aromatic carbocycles. The molecule has 9 heteroatoms. The van der Waals surface area contributed by atoms with Crippen molar-refractivity contribution >= 4 is 55.4 Å². The molecule has 160 valence electrons. The Bertz CT molecular complexity index is 1200. The Labute approximate surface area is 194 Å². The first kappa shape index (κ1) is 23.0. The minimum absolute atomic E-state index is 0.0305.